The van der Waals surface area contributed by atoms with Crippen molar-refractivity contribution in [3.63, 3.8) is 0 Å². The van der Waals surface area contributed by atoms with Gasteiger partial charge in [0.05, 0.1) is 11.4 Å². The normalized spacial score (nSPS) is 16.6. The van der Waals surface area contributed by atoms with Gasteiger partial charge in [0.25, 0.3) is 0 Å². The zero-order chi connectivity index (χ0) is 15.1. The molecular weight excluding hydrogens is 288 g/mol. The van der Waals surface area contributed by atoms with E-state index >= 15 is 0 Å². The van der Waals surface area contributed by atoms with E-state index in [2.05, 4.69) is 4.72 Å². The van der Waals surface area contributed by atoms with Crippen LogP contribution in [0.15, 0.2) is 24.3 Å². The first-order valence-electron chi connectivity index (χ1n) is 7.52. The number of nitrogens with two attached hydrogens (primary N) is 1. The Bertz CT molecular complexity index is 540. The van der Waals surface area contributed by atoms with Crippen LogP contribution in [0.3, 0.4) is 0 Å². The van der Waals surface area contributed by atoms with Crippen LogP contribution in [-0.2, 0) is 10.0 Å². The fourth-order valence-corrected chi connectivity index (χ4v) is 4.23. The molecule has 5 nitrogen and oxygen atoms in total. The monoisotopic (exact) mass is 312 g/mol. The molecule has 6 heteroatoms. The number of hydrogen-bond acceptors (Lipinski definition) is 4. The van der Waals surface area contributed by atoms with Crippen LogP contribution in [0, 0.1) is 5.92 Å². The molecule has 1 saturated carbocycles. The van der Waals surface area contributed by atoms with Gasteiger partial charge < -0.3 is 10.5 Å². The van der Waals surface area contributed by atoms with Crippen LogP contribution in [0.1, 0.15) is 32.1 Å². The summed E-state index contributed by atoms with van der Waals surface area (Å²) >= 11 is 0. The second-order valence-corrected chi connectivity index (χ2v) is 7.32. The highest BCUT2D eigenvalue weighted by molar-refractivity contribution is 7.92. The van der Waals surface area contributed by atoms with Crippen LogP contribution in [0.25, 0.3) is 0 Å². The number of sulfonamides is 1. The largest absolute Gasteiger partial charge is 0.492 e. The fourth-order valence-electron chi connectivity index (χ4n) is 2.71. The van der Waals surface area contributed by atoms with Crippen LogP contribution < -0.4 is 15.2 Å². The molecule has 1 aromatic rings. The maximum Gasteiger partial charge on any atom is 0.232 e. The number of nitrogens with one attached hydrogen (secondary N) is 1. The molecule has 1 aliphatic carbocycles. The molecule has 1 fully saturated rings. The molecule has 0 atom stereocenters. The highest BCUT2D eigenvalue weighted by Crippen LogP contribution is 2.26. The Hall–Kier alpha value is -1.27. The smallest absolute Gasteiger partial charge is 0.232 e. The molecule has 0 aromatic heterocycles. The minimum atomic E-state index is -3.30. The lowest BCUT2D eigenvalue weighted by Crippen LogP contribution is -2.24. The van der Waals surface area contributed by atoms with Gasteiger partial charge in [0, 0.05) is 12.6 Å². The SMILES string of the molecule is NCCOc1cccc(NS(=O)(=O)CC2CCCCC2)c1. The summed E-state index contributed by atoms with van der Waals surface area (Å²) in [5.41, 5.74) is 5.93. The molecule has 1 aromatic carbocycles. The van der Waals surface area contributed by atoms with Gasteiger partial charge in [0.2, 0.25) is 10.0 Å². The second-order valence-electron chi connectivity index (χ2n) is 5.55. The first-order chi connectivity index (χ1) is 10.1. The van der Waals surface area contributed by atoms with Crippen molar-refractivity contribution in [2.75, 3.05) is 23.6 Å². The Balaban J connectivity index is 1.95. The van der Waals surface area contributed by atoms with E-state index in [1.165, 1.54) is 6.42 Å². The van der Waals surface area contributed by atoms with E-state index in [1.54, 1.807) is 24.3 Å². The molecule has 3 N–H and O–H groups in total. The van der Waals surface area contributed by atoms with E-state index in [0.29, 0.717) is 24.6 Å². The molecule has 21 heavy (non-hydrogen) atoms. The minimum Gasteiger partial charge on any atom is -0.492 e. The van der Waals surface area contributed by atoms with Gasteiger partial charge in [-0.2, -0.15) is 0 Å². The third-order valence-electron chi connectivity index (χ3n) is 3.67. The van der Waals surface area contributed by atoms with Gasteiger partial charge in [-0.15, -0.1) is 0 Å². The van der Waals surface area contributed by atoms with Crippen molar-refractivity contribution in [1.82, 2.24) is 0 Å². The predicted octanol–water partition coefficient (Wildman–Crippen LogP) is 2.35. The van der Waals surface area contributed by atoms with Gasteiger partial charge in [-0.05, 0) is 30.9 Å². The van der Waals surface area contributed by atoms with E-state index in [9.17, 15) is 8.42 Å². The van der Waals surface area contributed by atoms with Crippen molar-refractivity contribution >= 4 is 15.7 Å². The van der Waals surface area contributed by atoms with Gasteiger partial charge in [-0.1, -0.05) is 25.3 Å². The molecule has 0 amide bonds. The Morgan fingerprint density at radius 1 is 1.24 bits per heavy atom. The average molecular weight is 312 g/mol. The molecule has 118 valence electrons. The summed E-state index contributed by atoms with van der Waals surface area (Å²) in [6.45, 7) is 0.843. The van der Waals surface area contributed by atoms with Gasteiger partial charge in [0.1, 0.15) is 12.4 Å². The highest BCUT2D eigenvalue weighted by Gasteiger charge is 2.21. The Labute approximate surface area is 126 Å². The van der Waals surface area contributed by atoms with Crippen LogP contribution in [0.5, 0.6) is 5.75 Å². The summed E-state index contributed by atoms with van der Waals surface area (Å²) in [5, 5.41) is 0. The number of ether oxygens (including phenoxy) is 1. The first kappa shape index (κ1) is 16.1. The van der Waals surface area contributed by atoms with Crippen molar-refractivity contribution in [1.29, 1.82) is 0 Å². The maximum absolute atomic E-state index is 12.2. The molecule has 0 heterocycles. The number of anilines is 1. The Morgan fingerprint density at radius 3 is 2.71 bits per heavy atom. The Kier molecular flexibility index (Phi) is 5.87. The third kappa shape index (κ3) is 5.55. The second kappa shape index (κ2) is 7.66. The summed E-state index contributed by atoms with van der Waals surface area (Å²) in [6.07, 6.45) is 5.54. The third-order valence-corrected chi connectivity index (χ3v) is 5.13. The van der Waals surface area contributed by atoms with Gasteiger partial charge in [-0.3, -0.25) is 4.72 Å². The average Bonchev–Trinajstić information content (AvgIpc) is 2.45. The molecule has 0 spiro atoms. The summed E-state index contributed by atoms with van der Waals surface area (Å²) in [5.74, 6) is 1.12. The van der Waals surface area contributed by atoms with Crippen molar-refractivity contribution in [2.24, 2.45) is 11.7 Å². The first-order valence-corrected chi connectivity index (χ1v) is 9.18. The number of benzene rings is 1. The van der Waals surface area contributed by atoms with Gasteiger partial charge in [0.15, 0.2) is 0 Å². The number of hydrogen-bond donors (Lipinski definition) is 2. The molecule has 1 aliphatic rings. The molecule has 2 rings (SSSR count). The fraction of sp³-hybridized carbons (Fsp3) is 0.600. The lowest BCUT2D eigenvalue weighted by molar-refractivity contribution is 0.328. The quantitative estimate of drug-likeness (QED) is 0.809. The van der Waals surface area contributed by atoms with E-state index in [4.69, 9.17) is 10.5 Å². The molecule has 0 saturated heterocycles. The van der Waals surface area contributed by atoms with E-state index in [1.807, 2.05) is 0 Å². The van der Waals surface area contributed by atoms with E-state index in [0.717, 1.165) is 25.7 Å². The van der Waals surface area contributed by atoms with E-state index < -0.39 is 10.0 Å². The molecule has 0 unspecified atom stereocenters. The molecule has 0 bridgehead atoms. The molecule has 0 radical (unpaired) electrons. The predicted molar refractivity (Wildman–Crippen MR) is 85.0 cm³/mol. The van der Waals surface area contributed by atoms with Gasteiger partial charge >= 0.3 is 0 Å². The van der Waals surface area contributed by atoms with Crippen molar-refractivity contribution in [3.8, 4) is 5.75 Å². The zero-order valence-electron chi connectivity index (χ0n) is 12.3. The standard InChI is InChI=1S/C15H24N2O3S/c16-9-10-20-15-8-4-7-14(11-15)17-21(18,19)12-13-5-2-1-3-6-13/h4,7-8,11,13,17H,1-3,5-6,9-10,12,16H2. The van der Waals surface area contributed by atoms with Crippen LogP contribution in [-0.4, -0.2) is 27.3 Å². The Morgan fingerprint density at radius 2 is 2.00 bits per heavy atom. The lowest BCUT2D eigenvalue weighted by Gasteiger charge is -2.21. The van der Waals surface area contributed by atoms with Crippen molar-refractivity contribution < 1.29 is 13.2 Å². The summed E-state index contributed by atoms with van der Waals surface area (Å²) in [7, 11) is -3.30. The maximum atomic E-state index is 12.2. The topological polar surface area (TPSA) is 81.4 Å². The van der Waals surface area contributed by atoms with Crippen LogP contribution in [0.2, 0.25) is 0 Å². The lowest BCUT2D eigenvalue weighted by atomic mass is 9.91. The van der Waals surface area contributed by atoms with Crippen molar-refractivity contribution in [3.05, 3.63) is 24.3 Å². The summed E-state index contributed by atoms with van der Waals surface area (Å²) < 4.78 is 32.5. The summed E-state index contributed by atoms with van der Waals surface area (Å²) in [4.78, 5) is 0. The summed E-state index contributed by atoms with van der Waals surface area (Å²) in [6, 6.07) is 6.97. The van der Waals surface area contributed by atoms with Crippen LogP contribution >= 0.6 is 0 Å². The highest BCUT2D eigenvalue weighted by atomic mass is 32.2. The number of rotatable bonds is 7. The zero-order valence-corrected chi connectivity index (χ0v) is 13.1. The van der Waals surface area contributed by atoms with Gasteiger partial charge in [-0.25, -0.2) is 8.42 Å². The van der Waals surface area contributed by atoms with Crippen molar-refractivity contribution in [2.45, 2.75) is 32.1 Å². The molecule has 0 aliphatic heterocycles. The van der Waals surface area contributed by atoms with Crippen LogP contribution in [0.4, 0.5) is 5.69 Å². The molecular formula is C15H24N2O3S. The minimum absolute atomic E-state index is 0.209. The van der Waals surface area contributed by atoms with E-state index in [-0.39, 0.29) is 11.7 Å².